The molecular weight excluding hydrogens is 322 g/mol. The Morgan fingerprint density at radius 2 is 2.38 bits per heavy atom. The van der Waals surface area contributed by atoms with Gasteiger partial charge in [-0.3, -0.25) is 9.89 Å². The van der Waals surface area contributed by atoms with Crippen LogP contribution in [0.1, 0.15) is 17.0 Å². The van der Waals surface area contributed by atoms with Crippen LogP contribution in [0, 0.1) is 9.87 Å². The summed E-state index contributed by atoms with van der Waals surface area (Å²) in [6, 6.07) is 8.88. The number of aromatic amines is 1. The second kappa shape index (κ2) is 5.23. The Morgan fingerprint density at radius 1 is 1.52 bits per heavy atom. The molecule has 0 aliphatic heterocycles. The van der Waals surface area contributed by atoms with E-state index in [2.05, 4.69) is 39.8 Å². The molecule has 4 rings (SSSR count). The minimum atomic E-state index is 0.0815. The number of hydrogen-bond acceptors (Lipinski definition) is 5. The number of nitrogens with one attached hydrogen (secondary N) is 2. The molecule has 4 nitrogen and oxygen atoms in total. The predicted octanol–water partition coefficient (Wildman–Crippen LogP) is 2.75. The number of benzene rings is 1. The number of aromatic nitrogens is 2. The summed E-state index contributed by atoms with van der Waals surface area (Å²) >= 11 is 7.80. The Bertz CT molecular complexity index is 754. The van der Waals surface area contributed by atoms with E-state index in [-0.39, 0.29) is 5.91 Å². The van der Waals surface area contributed by atoms with Crippen molar-refractivity contribution in [1.82, 2.24) is 15.5 Å². The SMILES string of the molecule is O=C(CSc1n[nH]c(=S)s1)NC1C2Cc3ccccc3C21. The van der Waals surface area contributed by atoms with Crippen LogP contribution in [0.4, 0.5) is 0 Å². The van der Waals surface area contributed by atoms with Crippen molar-refractivity contribution in [3.63, 3.8) is 0 Å². The minimum absolute atomic E-state index is 0.0815. The second-order valence-electron chi connectivity index (χ2n) is 5.35. The van der Waals surface area contributed by atoms with Crippen LogP contribution in [0.3, 0.4) is 0 Å². The first kappa shape index (κ1) is 13.5. The highest BCUT2D eigenvalue weighted by atomic mass is 32.2. The van der Waals surface area contributed by atoms with Crippen LogP contribution in [-0.4, -0.2) is 27.9 Å². The van der Waals surface area contributed by atoms with Gasteiger partial charge in [0.1, 0.15) is 0 Å². The third kappa shape index (κ3) is 2.54. The van der Waals surface area contributed by atoms with Gasteiger partial charge in [0.25, 0.3) is 0 Å². The molecule has 2 N–H and O–H groups in total. The van der Waals surface area contributed by atoms with Crippen molar-refractivity contribution >= 4 is 41.2 Å². The van der Waals surface area contributed by atoms with E-state index < -0.39 is 0 Å². The zero-order valence-electron chi connectivity index (χ0n) is 11.0. The number of thioether (sulfide) groups is 1. The molecule has 7 heteroatoms. The Kier molecular flexibility index (Phi) is 3.35. The first-order valence-electron chi connectivity index (χ1n) is 6.78. The fourth-order valence-corrected chi connectivity index (χ4v) is 5.07. The van der Waals surface area contributed by atoms with Crippen molar-refractivity contribution in [2.24, 2.45) is 5.92 Å². The Labute approximate surface area is 135 Å². The van der Waals surface area contributed by atoms with E-state index in [4.69, 9.17) is 12.2 Å². The summed E-state index contributed by atoms with van der Waals surface area (Å²) in [5.74, 6) is 1.61. The highest BCUT2D eigenvalue weighted by molar-refractivity contribution is 8.01. The van der Waals surface area contributed by atoms with Gasteiger partial charge in [-0.25, -0.2) is 0 Å². The summed E-state index contributed by atoms with van der Waals surface area (Å²) in [7, 11) is 0. The Morgan fingerprint density at radius 3 is 3.19 bits per heavy atom. The fraction of sp³-hybridized carbons (Fsp3) is 0.357. The van der Waals surface area contributed by atoms with Gasteiger partial charge in [-0.1, -0.05) is 47.4 Å². The van der Waals surface area contributed by atoms with E-state index in [0.29, 0.717) is 27.6 Å². The van der Waals surface area contributed by atoms with Crippen molar-refractivity contribution in [3.8, 4) is 0 Å². The number of hydrogen-bond donors (Lipinski definition) is 2. The lowest BCUT2D eigenvalue weighted by atomic mass is 10.1. The average Bonchev–Trinajstić information content (AvgIpc) is 2.86. The smallest absolute Gasteiger partial charge is 0.230 e. The third-order valence-electron chi connectivity index (χ3n) is 4.11. The van der Waals surface area contributed by atoms with Crippen LogP contribution in [0.15, 0.2) is 28.6 Å². The molecule has 0 saturated heterocycles. The highest BCUT2D eigenvalue weighted by Gasteiger charge is 2.56. The van der Waals surface area contributed by atoms with Gasteiger partial charge < -0.3 is 5.32 Å². The topological polar surface area (TPSA) is 57.8 Å². The van der Waals surface area contributed by atoms with Gasteiger partial charge >= 0.3 is 0 Å². The standard InChI is InChI=1S/C14H13N3OS3/c18-10(6-20-14-17-16-13(19)21-14)15-12-9-5-7-3-1-2-4-8(7)11(9)12/h1-4,9,11-12H,5-6H2,(H,15,18)(H,16,19). The monoisotopic (exact) mass is 335 g/mol. The van der Waals surface area contributed by atoms with Crippen LogP contribution in [-0.2, 0) is 11.2 Å². The number of nitrogens with zero attached hydrogens (tertiary/aromatic N) is 1. The van der Waals surface area contributed by atoms with Gasteiger partial charge in [0.2, 0.25) is 5.91 Å². The lowest BCUT2D eigenvalue weighted by Gasteiger charge is -2.09. The van der Waals surface area contributed by atoms with E-state index in [9.17, 15) is 4.79 Å². The van der Waals surface area contributed by atoms with Crippen LogP contribution in [0.2, 0.25) is 0 Å². The molecule has 2 aliphatic rings. The van der Waals surface area contributed by atoms with E-state index >= 15 is 0 Å². The number of carbonyl (C=O) groups excluding carboxylic acids is 1. The third-order valence-corrected chi connectivity index (χ3v) is 6.34. The number of rotatable bonds is 4. The van der Waals surface area contributed by atoms with Gasteiger partial charge in [-0.15, -0.1) is 0 Å². The Balaban J connectivity index is 1.32. The maximum absolute atomic E-state index is 12.0. The van der Waals surface area contributed by atoms with Gasteiger partial charge in [0.15, 0.2) is 8.29 Å². The van der Waals surface area contributed by atoms with Crippen LogP contribution >= 0.6 is 35.3 Å². The molecule has 2 aromatic rings. The minimum Gasteiger partial charge on any atom is -0.352 e. The average molecular weight is 335 g/mol. The molecule has 0 spiro atoms. The molecule has 1 aromatic heterocycles. The number of fused-ring (bicyclic) bond motifs is 3. The molecule has 1 amide bonds. The molecule has 1 aromatic carbocycles. The number of H-pyrrole nitrogens is 1. The molecule has 0 bridgehead atoms. The maximum Gasteiger partial charge on any atom is 0.230 e. The summed E-state index contributed by atoms with van der Waals surface area (Å²) in [5, 5.41) is 9.92. The molecule has 0 radical (unpaired) electrons. The first-order valence-corrected chi connectivity index (χ1v) is 8.99. The van der Waals surface area contributed by atoms with Crippen LogP contribution in [0.25, 0.3) is 0 Å². The van der Waals surface area contributed by atoms with E-state index in [0.717, 1.165) is 10.8 Å². The predicted molar refractivity (Wildman–Crippen MR) is 86.3 cm³/mol. The van der Waals surface area contributed by atoms with E-state index in [1.54, 1.807) is 0 Å². The molecule has 1 saturated carbocycles. The van der Waals surface area contributed by atoms with Crippen molar-refractivity contribution in [2.75, 3.05) is 5.75 Å². The fourth-order valence-electron chi connectivity index (χ4n) is 3.18. The lowest BCUT2D eigenvalue weighted by Crippen LogP contribution is -2.30. The van der Waals surface area contributed by atoms with Crippen LogP contribution < -0.4 is 5.32 Å². The molecule has 2 aliphatic carbocycles. The maximum atomic E-state index is 12.0. The molecular formula is C14H13N3OS3. The van der Waals surface area contributed by atoms with Crippen molar-refractivity contribution < 1.29 is 4.79 Å². The lowest BCUT2D eigenvalue weighted by molar-refractivity contribution is -0.118. The number of carbonyl (C=O) groups is 1. The zero-order chi connectivity index (χ0) is 14.4. The summed E-state index contributed by atoms with van der Waals surface area (Å²) in [4.78, 5) is 12.0. The molecule has 1 fully saturated rings. The largest absolute Gasteiger partial charge is 0.352 e. The molecule has 21 heavy (non-hydrogen) atoms. The summed E-state index contributed by atoms with van der Waals surface area (Å²) in [5.41, 5.74) is 2.87. The zero-order valence-corrected chi connectivity index (χ0v) is 13.5. The Hall–Kier alpha value is -1.18. The quantitative estimate of drug-likeness (QED) is 0.666. The van der Waals surface area contributed by atoms with E-state index in [1.165, 1.54) is 34.2 Å². The number of amides is 1. The van der Waals surface area contributed by atoms with Crippen LogP contribution in [0.5, 0.6) is 0 Å². The molecule has 3 unspecified atom stereocenters. The van der Waals surface area contributed by atoms with Crippen molar-refractivity contribution in [1.29, 1.82) is 0 Å². The van der Waals surface area contributed by atoms with Gasteiger partial charge in [-0.2, -0.15) is 5.10 Å². The van der Waals surface area contributed by atoms with Gasteiger partial charge in [0.05, 0.1) is 5.75 Å². The summed E-state index contributed by atoms with van der Waals surface area (Å²) in [6.45, 7) is 0. The van der Waals surface area contributed by atoms with Gasteiger partial charge in [-0.05, 0) is 35.7 Å². The summed E-state index contributed by atoms with van der Waals surface area (Å²) in [6.07, 6.45) is 1.10. The molecule has 3 atom stereocenters. The van der Waals surface area contributed by atoms with Crippen molar-refractivity contribution in [3.05, 3.63) is 39.3 Å². The summed E-state index contributed by atoms with van der Waals surface area (Å²) < 4.78 is 1.46. The first-order chi connectivity index (χ1) is 10.2. The van der Waals surface area contributed by atoms with Gasteiger partial charge in [0, 0.05) is 12.0 Å². The second-order valence-corrected chi connectivity index (χ2v) is 8.24. The highest BCUT2D eigenvalue weighted by Crippen LogP contribution is 2.56. The van der Waals surface area contributed by atoms with Crippen molar-refractivity contribution in [2.45, 2.75) is 22.7 Å². The van der Waals surface area contributed by atoms with E-state index in [1.807, 2.05) is 0 Å². The molecule has 108 valence electrons. The molecule has 1 heterocycles. The normalized spacial score (nSPS) is 25.2.